The molecule has 0 N–H and O–H groups in total. The third-order valence-electron chi connectivity index (χ3n) is 1.28. The standard InChI is InChI=1S/C6H7F5O/c1-3(12)4(5(7)8)2-6(9,10)11/h4-5H,2H2,1H3. The fourth-order valence-electron chi connectivity index (χ4n) is 0.660. The summed E-state index contributed by atoms with van der Waals surface area (Å²) in [7, 11) is 0. The van der Waals surface area contributed by atoms with Crippen molar-refractivity contribution in [3.05, 3.63) is 0 Å². The Labute approximate surface area is 65.6 Å². The lowest BCUT2D eigenvalue weighted by atomic mass is 10.0. The number of carbonyl (C=O) groups excluding carboxylic acids is 1. The molecular formula is C6H7F5O. The second kappa shape index (κ2) is 3.82. The largest absolute Gasteiger partial charge is 0.390 e. The highest BCUT2D eigenvalue weighted by Gasteiger charge is 2.38. The molecule has 0 spiro atoms. The molecule has 0 heterocycles. The van der Waals surface area contributed by atoms with E-state index in [1.165, 1.54) is 0 Å². The topological polar surface area (TPSA) is 17.1 Å². The lowest BCUT2D eigenvalue weighted by molar-refractivity contribution is -0.162. The van der Waals surface area contributed by atoms with Crippen LogP contribution >= 0.6 is 0 Å². The highest BCUT2D eigenvalue weighted by Crippen LogP contribution is 2.28. The van der Waals surface area contributed by atoms with E-state index in [2.05, 4.69) is 0 Å². The van der Waals surface area contributed by atoms with Crippen molar-refractivity contribution < 1.29 is 26.7 Å². The third-order valence-corrected chi connectivity index (χ3v) is 1.28. The molecule has 72 valence electrons. The minimum absolute atomic E-state index is 0.725. The third kappa shape index (κ3) is 4.25. The molecule has 1 atom stereocenters. The molecule has 0 saturated heterocycles. The van der Waals surface area contributed by atoms with E-state index in [1.54, 1.807) is 0 Å². The molecule has 0 fully saturated rings. The van der Waals surface area contributed by atoms with Crippen LogP contribution in [0.2, 0.25) is 0 Å². The van der Waals surface area contributed by atoms with Gasteiger partial charge in [-0.3, -0.25) is 4.79 Å². The Hall–Kier alpha value is -0.680. The van der Waals surface area contributed by atoms with Gasteiger partial charge in [0.05, 0.1) is 12.3 Å². The second-order valence-corrected chi connectivity index (χ2v) is 2.37. The Balaban J connectivity index is 4.25. The average Bonchev–Trinajstić information content (AvgIpc) is 1.79. The first-order valence-corrected chi connectivity index (χ1v) is 3.09. The van der Waals surface area contributed by atoms with E-state index >= 15 is 0 Å². The molecule has 1 nitrogen and oxygen atoms in total. The van der Waals surface area contributed by atoms with Gasteiger partial charge in [-0.05, 0) is 6.92 Å². The molecule has 0 aliphatic heterocycles. The summed E-state index contributed by atoms with van der Waals surface area (Å²) in [4.78, 5) is 10.3. The summed E-state index contributed by atoms with van der Waals surface area (Å²) in [5.74, 6) is -3.35. The van der Waals surface area contributed by atoms with E-state index < -0.39 is 30.7 Å². The quantitative estimate of drug-likeness (QED) is 0.624. The van der Waals surface area contributed by atoms with Crippen molar-refractivity contribution in [1.29, 1.82) is 0 Å². The Bertz CT molecular complexity index is 162. The molecule has 0 aromatic heterocycles. The van der Waals surface area contributed by atoms with Gasteiger partial charge in [0.1, 0.15) is 5.78 Å². The summed E-state index contributed by atoms with van der Waals surface area (Å²) < 4.78 is 58.1. The van der Waals surface area contributed by atoms with Crippen molar-refractivity contribution in [2.75, 3.05) is 0 Å². The van der Waals surface area contributed by atoms with Gasteiger partial charge in [-0.2, -0.15) is 13.2 Å². The summed E-state index contributed by atoms with van der Waals surface area (Å²) >= 11 is 0. The van der Waals surface area contributed by atoms with Crippen molar-refractivity contribution >= 4 is 5.78 Å². The van der Waals surface area contributed by atoms with E-state index in [-0.39, 0.29) is 0 Å². The van der Waals surface area contributed by atoms with Gasteiger partial charge in [0.15, 0.2) is 0 Å². The van der Waals surface area contributed by atoms with E-state index in [1.807, 2.05) is 0 Å². The van der Waals surface area contributed by atoms with Crippen LogP contribution in [0.5, 0.6) is 0 Å². The smallest absolute Gasteiger partial charge is 0.299 e. The van der Waals surface area contributed by atoms with Crippen LogP contribution in [0.15, 0.2) is 0 Å². The van der Waals surface area contributed by atoms with E-state index in [0.717, 1.165) is 6.92 Å². The predicted octanol–water partition coefficient (Wildman–Crippen LogP) is 2.41. The van der Waals surface area contributed by atoms with Gasteiger partial charge in [-0.15, -0.1) is 0 Å². The molecule has 0 rings (SSSR count). The minimum Gasteiger partial charge on any atom is -0.299 e. The Kier molecular flexibility index (Phi) is 3.60. The zero-order valence-corrected chi connectivity index (χ0v) is 6.16. The van der Waals surface area contributed by atoms with Crippen LogP contribution in [0.25, 0.3) is 0 Å². The first kappa shape index (κ1) is 11.3. The molecule has 0 aromatic carbocycles. The molecule has 0 aliphatic rings. The predicted molar refractivity (Wildman–Crippen MR) is 30.8 cm³/mol. The maximum atomic E-state index is 11.8. The van der Waals surface area contributed by atoms with Gasteiger partial charge in [0.2, 0.25) is 6.43 Å². The summed E-state index contributed by atoms with van der Waals surface area (Å²) in [5, 5.41) is 0. The molecule has 0 bridgehead atoms. The Morgan fingerprint density at radius 3 is 1.83 bits per heavy atom. The Morgan fingerprint density at radius 2 is 1.75 bits per heavy atom. The minimum atomic E-state index is -4.72. The van der Waals surface area contributed by atoms with E-state index in [4.69, 9.17) is 0 Å². The van der Waals surface area contributed by atoms with Gasteiger partial charge in [-0.25, -0.2) is 8.78 Å². The number of hydrogen-bond acceptors (Lipinski definition) is 1. The Morgan fingerprint density at radius 1 is 1.33 bits per heavy atom. The van der Waals surface area contributed by atoms with Gasteiger partial charge < -0.3 is 0 Å². The summed E-state index contributed by atoms with van der Waals surface area (Å²) in [6.07, 6.45) is -9.71. The van der Waals surface area contributed by atoms with Crippen molar-refractivity contribution in [1.82, 2.24) is 0 Å². The molecule has 0 saturated carbocycles. The SMILES string of the molecule is CC(=O)C(CC(F)(F)F)C(F)F. The first-order valence-electron chi connectivity index (χ1n) is 3.09. The summed E-state index contributed by atoms with van der Waals surface area (Å²) in [5.41, 5.74) is 0. The molecule has 1 unspecified atom stereocenters. The fourth-order valence-corrected chi connectivity index (χ4v) is 0.660. The van der Waals surface area contributed by atoms with Gasteiger partial charge in [0.25, 0.3) is 0 Å². The van der Waals surface area contributed by atoms with Crippen LogP contribution in [-0.4, -0.2) is 18.4 Å². The second-order valence-electron chi connectivity index (χ2n) is 2.37. The van der Waals surface area contributed by atoms with Crippen molar-refractivity contribution in [3.8, 4) is 0 Å². The van der Waals surface area contributed by atoms with Crippen LogP contribution < -0.4 is 0 Å². The number of halogens is 5. The number of rotatable bonds is 3. The highest BCUT2D eigenvalue weighted by molar-refractivity contribution is 5.78. The number of ketones is 1. The fraction of sp³-hybridized carbons (Fsp3) is 0.833. The van der Waals surface area contributed by atoms with Crippen LogP contribution in [-0.2, 0) is 4.79 Å². The monoisotopic (exact) mass is 190 g/mol. The molecule has 6 heteroatoms. The number of Topliss-reactive ketones (excluding diaryl/α,β-unsaturated/α-hetero) is 1. The van der Waals surface area contributed by atoms with Crippen LogP contribution in [0, 0.1) is 5.92 Å². The maximum absolute atomic E-state index is 11.8. The number of hydrogen-bond donors (Lipinski definition) is 0. The normalized spacial score (nSPS) is 14.9. The zero-order chi connectivity index (χ0) is 9.94. The molecule has 0 amide bonds. The molecule has 0 radical (unpaired) electrons. The van der Waals surface area contributed by atoms with Crippen LogP contribution in [0.4, 0.5) is 22.0 Å². The highest BCUT2D eigenvalue weighted by atomic mass is 19.4. The summed E-state index contributed by atoms with van der Waals surface area (Å²) in [6, 6.07) is 0. The number of carbonyl (C=O) groups is 1. The lowest BCUT2D eigenvalue weighted by Gasteiger charge is -2.14. The molecule has 12 heavy (non-hydrogen) atoms. The van der Waals surface area contributed by atoms with Gasteiger partial charge in [0, 0.05) is 0 Å². The average molecular weight is 190 g/mol. The van der Waals surface area contributed by atoms with Crippen molar-refractivity contribution in [2.45, 2.75) is 25.9 Å². The van der Waals surface area contributed by atoms with E-state index in [9.17, 15) is 26.7 Å². The van der Waals surface area contributed by atoms with Gasteiger partial charge >= 0.3 is 6.18 Å². The van der Waals surface area contributed by atoms with Crippen molar-refractivity contribution in [3.63, 3.8) is 0 Å². The van der Waals surface area contributed by atoms with Gasteiger partial charge in [-0.1, -0.05) is 0 Å². The molecule has 0 aromatic rings. The summed E-state index contributed by atoms with van der Waals surface area (Å²) in [6.45, 7) is 0.725. The maximum Gasteiger partial charge on any atom is 0.390 e. The molecule has 0 aliphatic carbocycles. The van der Waals surface area contributed by atoms with E-state index in [0.29, 0.717) is 0 Å². The lowest BCUT2D eigenvalue weighted by Crippen LogP contribution is -2.26. The van der Waals surface area contributed by atoms with Crippen molar-refractivity contribution in [2.24, 2.45) is 5.92 Å². The zero-order valence-electron chi connectivity index (χ0n) is 6.16. The molecular weight excluding hydrogens is 183 g/mol. The van der Waals surface area contributed by atoms with Crippen LogP contribution in [0.1, 0.15) is 13.3 Å². The van der Waals surface area contributed by atoms with Crippen LogP contribution in [0.3, 0.4) is 0 Å². The first-order chi connectivity index (χ1) is 5.24. The number of alkyl halides is 5.